The van der Waals surface area contributed by atoms with Crippen LogP contribution in [0.25, 0.3) is 0 Å². The second-order valence-electron chi connectivity index (χ2n) is 8.00. The molecule has 2 aliphatic rings. The van der Waals surface area contributed by atoms with Gasteiger partial charge < -0.3 is 15.5 Å². The number of hydrogen-bond donors (Lipinski definition) is 2. The smallest absolute Gasteiger partial charge is 0.225 e. The van der Waals surface area contributed by atoms with E-state index < -0.39 is 0 Å². The first-order valence-electron chi connectivity index (χ1n) is 10.5. The zero-order valence-electron chi connectivity index (χ0n) is 16.7. The van der Waals surface area contributed by atoms with E-state index in [1.165, 1.54) is 11.1 Å². The molecule has 0 spiro atoms. The van der Waals surface area contributed by atoms with Crippen LogP contribution in [0, 0.1) is 5.92 Å². The molecule has 2 amide bonds. The Morgan fingerprint density at radius 2 is 1.93 bits per heavy atom. The Bertz CT molecular complexity index is 637. The zero-order chi connectivity index (χ0) is 19.2. The second-order valence-corrected chi connectivity index (χ2v) is 8.00. The Balaban J connectivity index is 1.59. The average Bonchev–Trinajstić information content (AvgIpc) is 3.23. The Morgan fingerprint density at radius 3 is 2.59 bits per heavy atom. The van der Waals surface area contributed by atoms with Gasteiger partial charge in [-0.15, -0.1) is 0 Å². The van der Waals surface area contributed by atoms with Crippen LogP contribution in [0.5, 0.6) is 0 Å². The minimum atomic E-state index is -0.122. The van der Waals surface area contributed by atoms with Crippen LogP contribution in [0.15, 0.2) is 24.3 Å². The van der Waals surface area contributed by atoms with Gasteiger partial charge in [0.2, 0.25) is 11.8 Å². The molecule has 0 radical (unpaired) electrons. The number of nitrogens with one attached hydrogen (secondary N) is 2. The monoisotopic (exact) mass is 371 g/mol. The van der Waals surface area contributed by atoms with Crippen molar-refractivity contribution in [3.8, 4) is 0 Å². The van der Waals surface area contributed by atoms with Gasteiger partial charge in [0.1, 0.15) is 0 Å². The lowest BCUT2D eigenvalue weighted by atomic mass is 10.00. The van der Waals surface area contributed by atoms with E-state index in [0.717, 1.165) is 45.2 Å². The number of carbonyl (C=O) groups excluding carboxylic acids is 2. The molecular formula is C22H33N3O2. The molecule has 5 nitrogen and oxygen atoms in total. The fraction of sp³-hybridized carbons (Fsp3) is 0.636. The fourth-order valence-corrected chi connectivity index (χ4v) is 4.26. The summed E-state index contributed by atoms with van der Waals surface area (Å²) in [6.07, 6.45) is 5.64. The summed E-state index contributed by atoms with van der Waals surface area (Å²) in [6.45, 7) is 6.40. The van der Waals surface area contributed by atoms with E-state index in [9.17, 15) is 9.59 Å². The van der Waals surface area contributed by atoms with Crippen molar-refractivity contribution in [3.63, 3.8) is 0 Å². The highest BCUT2D eigenvalue weighted by Gasteiger charge is 2.29. The molecule has 2 atom stereocenters. The van der Waals surface area contributed by atoms with Crippen LogP contribution in [-0.4, -0.2) is 42.4 Å². The molecule has 1 aliphatic heterocycles. The number of carbonyl (C=O) groups is 2. The normalized spacial score (nSPS) is 21.9. The van der Waals surface area contributed by atoms with Crippen molar-refractivity contribution in [2.75, 3.05) is 19.6 Å². The van der Waals surface area contributed by atoms with E-state index in [4.69, 9.17) is 0 Å². The highest BCUT2D eigenvalue weighted by atomic mass is 16.2. The van der Waals surface area contributed by atoms with Gasteiger partial charge in [-0.3, -0.25) is 9.59 Å². The van der Waals surface area contributed by atoms with Crippen LogP contribution in [0.2, 0.25) is 0 Å². The van der Waals surface area contributed by atoms with Gasteiger partial charge in [-0.1, -0.05) is 44.0 Å². The minimum absolute atomic E-state index is 0.0647. The van der Waals surface area contributed by atoms with Crippen LogP contribution in [0.4, 0.5) is 0 Å². The largest absolute Gasteiger partial charge is 0.353 e. The maximum Gasteiger partial charge on any atom is 0.225 e. The topological polar surface area (TPSA) is 61.4 Å². The lowest BCUT2D eigenvalue weighted by Gasteiger charge is -2.37. The predicted molar refractivity (Wildman–Crippen MR) is 107 cm³/mol. The summed E-state index contributed by atoms with van der Waals surface area (Å²) in [5.41, 5.74) is 2.49. The van der Waals surface area contributed by atoms with Gasteiger partial charge >= 0.3 is 0 Å². The standard InChI is InChI=1S/C22H33N3O2/c1-3-17-8-10-18(11-9-17)20-15-23-12-13-25(20)21(26)14-16(2)24-22(27)19-6-4-5-7-19/h8-11,16,19-20,23H,3-7,12-15H2,1-2H3,(H,24,27). The first-order valence-corrected chi connectivity index (χ1v) is 10.5. The second kappa shape index (κ2) is 9.36. The third kappa shape index (κ3) is 5.10. The summed E-state index contributed by atoms with van der Waals surface area (Å²) in [4.78, 5) is 27.3. The molecule has 1 aromatic carbocycles. The van der Waals surface area contributed by atoms with Crippen molar-refractivity contribution in [3.05, 3.63) is 35.4 Å². The quantitative estimate of drug-likeness (QED) is 0.808. The molecule has 27 heavy (non-hydrogen) atoms. The number of nitrogens with zero attached hydrogens (tertiary/aromatic N) is 1. The van der Waals surface area contributed by atoms with Crippen LogP contribution in [0.1, 0.15) is 63.1 Å². The summed E-state index contributed by atoms with van der Waals surface area (Å²) >= 11 is 0. The number of hydrogen-bond acceptors (Lipinski definition) is 3. The van der Waals surface area contributed by atoms with Crippen LogP contribution in [0.3, 0.4) is 0 Å². The number of benzene rings is 1. The lowest BCUT2D eigenvalue weighted by molar-refractivity contribution is -0.135. The van der Waals surface area contributed by atoms with Gasteiger partial charge in [-0.05, 0) is 37.3 Å². The molecule has 2 fully saturated rings. The molecule has 1 heterocycles. The van der Waals surface area contributed by atoms with Crippen molar-refractivity contribution in [1.29, 1.82) is 0 Å². The third-order valence-electron chi connectivity index (χ3n) is 5.93. The van der Waals surface area contributed by atoms with E-state index in [2.05, 4.69) is 41.8 Å². The molecule has 1 aromatic rings. The predicted octanol–water partition coefficient (Wildman–Crippen LogP) is 2.81. The maximum atomic E-state index is 13.0. The molecular weight excluding hydrogens is 338 g/mol. The Labute approximate surface area is 162 Å². The molecule has 5 heteroatoms. The Hall–Kier alpha value is -1.88. The van der Waals surface area contributed by atoms with Gasteiger partial charge in [-0.25, -0.2) is 0 Å². The van der Waals surface area contributed by atoms with Gasteiger partial charge in [0.05, 0.1) is 6.04 Å². The molecule has 0 bridgehead atoms. The molecule has 2 N–H and O–H groups in total. The minimum Gasteiger partial charge on any atom is -0.353 e. The highest BCUT2D eigenvalue weighted by Crippen LogP contribution is 2.26. The highest BCUT2D eigenvalue weighted by molar-refractivity contribution is 5.81. The van der Waals surface area contributed by atoms with E-state index in [1.807, 2.05) is 11.8 Å². The number of amides is 2. The lowest BCUT2D eigenvalue weighted by Crippen LogP contribution is -2.50. The first kappa shape index (κ1) is 19.9. The molecule has 2 unspecified atom stereocenters. The zero-order valence-corrected chi connectivity index (χ0v) is 16.7. The molecule has 1 aliphatic carbocycles. The third-order valence-corrected chi connectivity index (χ3v) is 5.93. The molecule has 3 rings (SSSR count). The first-order chi connectivity index (χ1) is 13.1. The Morgan fingerprint density at radius 1 is 1.22 bits per heavy atom. The van der Waals surface area contributed by atoms with Crippen LogP contribution >= 0.6 is 0 Å². The molecule has 1 saturated carbocycles. The van der Waals surface area contributed by atoms with E-state index in [1.54, 1.807) is 0 Å². The molecule has 1 saturated heterocycles. The Kier molecular flexibility index (Phi) is 6.89. The maximum absolute atomic E-state index is 13.0. The van der Waals surface area contributed by atoms with Gasteiger partial charge in [0.25, 0.3) is 0 Å². The fourth-order valence-electron chi connectivity index (χ4n) is 4.26. The van der Waals surface area contributed by atoms with Gasteiger partial charge in [-0.2, -0.15) is 0 Å². The molecule has 0 aromatic heterocycles. The summed E-state index contributed by atoms with van der Waals surface area (Å²) in [5.74, 6) is 0.395. The summed E-state index contributed by atoms with van der Waals surface area (Å²) in [5, 5.41) is 6.47. The van der Waals surface area contributed by atoms with Gasteiger partial charge in [0.15, 0.2) is 0 Å². The van der Waals surface area contributed by atoms with Crippen molar-refractivity contribution in [1.82, 2.24) is 15.5 Å². The van der Waals surface area contributed by atoms with E-state index in [-0.39, 0.29) is 29.8 Å². The number of piperazine rings is 1. The van der Waals surface area contributed by atoms with E-state index >= 15 is 0 Å². The van der Waals surface area contributed by atoms with Crippen LogP contribution in [-0.2, 0) is 16.0 Å². The SMILES string of the molecule is CCc1ccc(C2CNCCN2C(=O)CC(C)NC(=O)C2CCCC2)cc1. The van der Waals surface area contributed by atoms with Crippen molar-refractivity contribution < 1.29 is 9.59 Å². The number of aryl methyl sites for hydroxylation is 1. The molecule has 148 valence electrons. The number of rotatable bonds is 6. The van der Waals surface area contributed by atoms with Crippen molar-refractivity contribution >= 4 is 11.8 Å². The summed E-state index contributed by atoms with van der Waals surface area (Å²) in [6, 6.07) is 8.52. The van der Waals surface area contributed by atoms with Crippen molar-refractivity contribution in [2.45, 2.75) is 64.5 Å². The van der Waals surface area contributed by atoms with E-state index in [0.29, 0.717) is 13.0 Å². The average molecular weight is 372 g/mol. The van der Waals surface area contributed by atoms with Gasteiger partial charge in [0, 0.05) is 38.0 Å². The van der Waals surface area contributed by atoms with Crippen molar-refractivity contribution in [2.24, 2.45) is 5.92 Å². The summed E-state index contributed by atoms with van der Waals surface area (Å²) < 4.78 is 0. The van der Waals surface area contributed by atoms with Crippen LogP contribution < -0.4 is 10.6 Å². The summed E-state index contributed by atoms with van der Waals surface area (Å²) in [7, 11) is 0.